The van der Waals surface area contributed by atoms with Gasteiger partial charge in [-0.05, 0) is 43.8 Å². The molecule has 0 aromatic heterocycles. The van der Waals surface area contributed by atoms with Crippen molar-refractivity contribution in [2.45, 2.75) is 69.8 Å². The highest BCUT2D eigenvalue weighted by Gasteiger charge is 2.77. The number of alkyl halides is 3. The van der Waals surface area contributed by atoms with Crippen LogP contribution >= 0.6 is 11.6 Å². The molecule has 4 rings (SSSR count). The normalized spacial score (nSPS) is 49.6. The van der Waals surface area contributed by atoms with E-state index in [0.717, 1.165) is 0 Å². The zero-order chi connectivity index (χ0) is 23.9. The highest BCUT2D eigenvalue weighted by molar-refractivity contribution is 6.36. The van der Waals surface area contributed by atoms with Crippen LogP contribution in [-0.4, -0.2) is 52.1 Å². The number of esters is 1. The zero-order valence-electron chi connectivity index (χ0n) is 18.7. The average molecular weight is 471 g/mol. The van der Waals surface area contributed by atoms with Crippen LogP contribution in [0.3, 0.4) is 0 Å². The van der Waals surface area contributed by atoms with Gasteiger partial charge >= 0.3 is 5.97 Å². The van der Waals surface area contributed by atoms with Crippen molar-refractivity contribution < 1.29 is 33.0 Å². The maximum atomic E-state index is 17.1. The number of ketones is 2. The molecule has 5 nitrogen and oxygen atoms in total. The molecule has 0 radical (unpaired) electrons. The summed E-state index contributed by atoms with van der Waals surface area (Å²) in [7, 11) is 0. The van der Waals surface area contributed by atoms with Gasteiger partial charge in [-0.25, -0.2) is 8.78 Å². The summed E-state index contributed by atoms with van der Waals surface area (Å²) >= 11 is 6.98. The fourth-order valence-electron chi connectivity index (χ4n) is 7.32. The molecule has 0 aromatic carbocycles. The highest BCUT2D eigenvalue weighted by atomic mass is 35.5. The molecular formula is C24H29ClF2O5. The Balaban J connectivity index is 1.80. The van der Waals surface area contributed by atoms with Gasteiger partial charge in [-0.2, -0.15) is 0 Å². The van der Waals surface area contributed by atoms with Crippen LogP contribution < -0.4 is 0 Å². The molecule has 0 aliphatic heterocycles. The van der Waals surface area contributed by atoms with Crippen LogP contribution in [0.25, 0.3) is 0 Å². The van der Waals surface area contributed by atoms with Crippen LogP contribution in [0.15, 0.2) is 23.8 Å². The van der Waals surface area contributed by atoms with Crippen molar-refractivity contribution in [1.29, 1.82) is 0 Å². The van der Waals surface area contributed by atoms with E-state index in [1.54, 1.807) is 20.8 Å². The maximum Gasteiger partial charge on any atom is 0.303 e. The van der Waals surface area contributed by atoms with Crippen molar-refractivity contribution in [2.24, 2.45) is 28.6 Å². The number of hydrogen-bond donors (Lipinski definition) is 1. The van der Waals surface area contributed by atoms with Crippen LogP contribution in [0, 0.1) is 28.6 Å². The number of hydrogen-bond acceptors (Lipinski definition) is 5. The number of rotatable bonds is 3. The molecule has 176 valence electrons. The zero-order valence-corrected chi connectivity index (χ0v) is 19.4. The third-order valence-corrected chi connectivity index (χ3v) is 9.95. The number of carbonyl (C=O) groups is 3. The minimum absolute atomic E-state index is 0.118. The summed E-state index contributed by atoms with van der Waals surface area (Å²) in [5.74, 6) is -3.75. The van der Waals surface area contributed by atoms with E-state index in [1.165, 1.54) is 25.2 Å². The summed E-state index contributed by atoms with van der Waals surface area (Å²) in [5, 5.41) is 11.2. The lowest BCUT2D eigenvalue weighted by atomic mass is 9.44. The molecule has 3 saturated carbocycles. The average Bonchev–Trinajstić information content (AvgIpc) is 2.89. The molecule has 0 heterocycles. The van der Waals surface area contributed by atoms with E-state index in [-0.39, 0.29) is 18.6 Å². The third-order valence-electron chi connectivity index (χ3n) is 8.93. The molecule has 0 bridgehead atoms. The van der Waals surface area contributed by atoms with Gasteiger partial charge in [-0.15, -0.1) is 11.6 Å². The van der Waals surface area contributed by atoms with E-state index in [1.807, 2.05) is 0 Å². The largest absolute Gasteiger partial charge is 0.458 e. The van der Waals surface area contributed by atoms with Gasteiger partial charge in [0.2, 0.25) is 0 Å². The van der Waals surface area contributed by atoms with Crippen LogP contribution in [-0.2, 0) is 19.1 Å². The number of aliphatic hydroxyl groups excluding tert-OH is 1. The second kappa shape index (κ2) is 7.20. The van der Waals surface area contributed by atoms with Gasteiger partial charge in [-0.1, -0.05) is 25.5 Å². The Morgan fingerprint density at radius 1 is 1.34 bits per heavy atom. The molecule has 0 amide bonds. The molecule has 32 heavy (non-hydrogen) atoms. The number of fused-ring (bicyclic) bond motifs is 5. The summed E-state index contributed by atoms with van der Waals surface area (Å²) in [6.07, 6.45) is 0.773. The number of carbonyl (C=O) groups excluding carboxylic acids is 3. The fourth-order valence-corrected chi connectivity index (χ4v) is 7.69. The van der Waals surface area contributed by atoms with Crippen LogP contribution in [0.2, 0.25) is 0 Å². The predicted octanol–water partition coefficient (Wildman–Crippen LogP) is 3.66. The first-order valence-corrected chi connectivity index (χ1v) is 11.4. The fraction of sp³-hybridized carbons (Fsp3) is 0.708. The summed E-state index contributed by atoms with van der Waals surface area (Å²) in [6, 6.07) is 0. The lowest BCUT2D eigenvalue weighted by Crippen LogP contribution is -2.71. The first-order valence-electron chi connectivity index (χ1n) is 11.0. The van der Waals surface area contributed by atoms with Crippen molar-refractivity contribution in [2.75, 3.05) is 6.61 Å². The van der Waals surface area contributed by atoms with Gasteiger partial charge < -0.3 is 9.84 Å². The van der Waals surface area contributed by atoms with Crippen LogP contribution in [0.5, 0.6) is 0 Å². The summed E-state index contributed by atoms with van der Waals surface area (Å²) in [4.78, 5) is 34.8. The van der Waals surface area contributed by atoms with Crippen molar-refractivity contribution >= 4 is 29.1 Å². The summed E-state index contributed by atoms with van der Waals surface area (Å²) in [6.45, 7) is 5.73. The monoisotopic (exact) mass is 470 g/mol. The molecule has 4 aliphatic carbocycles. The Bertz CT molecular complexity index is 949. The van der Waals surface area contributed by atoms with Crippen molar-refractivity contribution in [3.8, 4) is 0 Å². The number of allylic oxidation sites excluding steroid dienone is 4. The highest BCUT2D eigenvalue weighted by Crippen LogP contribution is 2.72. The van der Waals surface area contributed by atoms with E-state index < -0.39 is 69.8 Å². The molecule has 9 atom stereocenters. The van der Waals surface area contributed by atoms with Gasteiger partial charge in [0.15, 0.2) is 23.8 Å². The Labute approximate surface area is 191 Å². The predicted molar refractivity (Wildman–Crippen MR) is 113 cm³/mol. The Hall–Kier alpha value is -1.60. The lowest BCUT2D eigenvalue weighted by molar-refractivity contribution is -0.210. The van der Waals surface area contributed by atoms with Gasteiger partial charge in [-0.3, -0.25) is 14.4 Å². The molecule has 0 saturated heterocycles. The topological polar surface area (TPSA) is 80.7 Å². The number of ether oxygens (including phenoxy) is 1. The smallest absolute Gasteiger partial charge is 0.303 e. The first-order chi connectivity index (χ1) is 14.7. The van der Waals surface area contributed by atoms with Crippen molar-refractivity contribution in [3.63, 3.8) is 0 Å². The minimum atomic E-state index is -2.36. The first kappa shape index (κ1) is 23.6. The van der Waals surface area contributed by atoms with Crippen LogP contribution in [0.1, 0.15) is 47.0 Å². The number of Topliss-reactive ketones (excluding diaryl/α,β-unsaturated/α-hetero) is 1. The van der Waals surface area contributed by atoms with E-state index in [4.69, 9.17) is 16.3 Å². The van der Waals surface area contributed by atoms with Gasteiger partial charge in [0.25, 0.3) is 0 Å². The summed E-state index contributed by atoms with van der Waals surface area (Å²) in [5.41, 5.74) is -4.47. The molecule has 0 unspecified atom stereocenters. The standard InChI is InChI=1S/C24H29ClF2O5/c1-12-7-16-20-17(26)9-14-8-15(29)5-6-21(14,3)24(20,27)18(30)10-22(16,4)23(12,25)19(31)11-32-13(2)28/h5-6,8,12,16-18,20,30H,7,9-11H2,1-4H3/t12-,16+,17-,18+,20-,21+,22+,23+,24-/m1/s1. The van der Waals surface area contributed by atoms with E-state index in [2.05, 4.69) is 0 Å². The molecule has 1 N–H and O–H groups in total. The second-order valence-electron chi connectivity index (χ2n) is 10.4. The van der Waals surface area contributed by atoms with Gasteiger partial charge in [0, 0.05) is 30.1 Å². The lowest BCUT2D eigenvalue weighted by Gasteiger charge is -2.63. The second-order valence-corrected chi connectivity index (χ2v) is 11.0. The van der Waals surface area contributed by atoms with Gasteiger partial charge in [0.1, 0.15) is 11.0 Å². The quantitative estimate of drug-likeness (QED) is 0.503. The molecule has 3 fully saturated rings. The molecule has 0 aromatic rings. The van der Waals surface area contributed by atoms with E-state index >= 15 is 8.78 Å². The minimum Gasteiger partial charge on any atom is -0.458 e. The molecular weight excluding hydrogens is 442 g/mol. The van der Waals surface area contributed by atoms with Crippen LogP contribution in [0.4, 0.5) is 8.78 Å². The van der Waals surface area contributed by atoms with Gasteiger partial charge in [0.05, 0.1) is 6.10 Å². The molecule has 0 spiro atoms. The SMILES string of the molecule is CC(=O)OCC(=O)[C@@]1(Cl)[C@H](C)C[C@H]2[C@@H]3[C@H](F)CC4=CC(=O)C=C[C@]4(C)[C@@]3(F)[C@@H](O)C[C@@]21C. The maximum absolute atomic E-state index is 17.1. The number of aliphatic hydroxyl groups is 1. The Morgan fingerprint density at radius 3 is 2.62 bits per heavy atom. The van der Waals surface area contributed by atoms with E-state index in [9.17, 15) is 19.5 Å². The van der Waals surface area contributed by atoms with E-state index in [0.29, 0.717) is 12.0 Å². The van der Waals surface area contributed by atoms with Crippen molar-refractivity contribution in [1.82, 2.24) is 0 Å². The summed E-state index contributed by atoms with van der Waals surface area (Å²) < 4.78 is 37.7. The Kier molecular flexibility index (Phi) is 5.30. The number of halogens is 3. The third kappa shape index (κ3) is 2.73. The molecule has 4 aliphatic rings. The Morgan fingerprint density at radius 2 is 2.00 bits per heavy atom. The molecule has 8 heteroatoms. The van der Waals surface area contributed by atoms with Crippen molar-refractivity contribution in [3.05, 3.63) is 23.8 Å².